The number of carbonyl (C=O) groups excluding carboxylic acids is 1. The molecule has 0 amide bonds. The maximum Gasteiger partial charge on any atom is 0.341 e. The molecular weight excluding hydrogens is 240 g/mol. The van der Waals surface area contributed by atoms with Gasteiger partial charge in [-0.1, -0.05) is 0 Å². The van der Waals surface area contributed by atoms with Gasteiger partial charge < -0.3 is 19.3 Å². The van der Waals surface area contributed by atoms with Crippen LogP contribution in [0.2, 0.25) is 0 Å². The Bertz CT molecular complexity index is 440. The summed E-state index contributed by atoms with van der Waals surface area (Å²) in [5, 5.41) is 8.54. The predicted octanol–water partition coefficient (Wildman–Crippen LogP) is 1.34. The number of carboxylic acids is 1. The summed E-state index contributed by atoms with van der Waals surface area (Å²) in [7, 11) is 1.45. The molecule has 0 saturated heterocycles. The normalized spacial score (nSPS) is 9.89. The van der Waals surface area contributed by atoms with Gasteiger partial charge in [-0.05, 0) is 25.1 Å². The molecule has 0 heterocycles. The van der Waals surface area contributed by atoms with Crippen LogP contribution in [0.1, 0.15) is 17.3 Å². The van der Waals surface area contributed by atoms with Crippen LogP contribution >= 0.6 is 0 Å². The number of aliphatic carboxylic acids is 1. The van der Waals surface area contributed by atoms with Gasteiger partial charge in [-0.3, -0.25) is 4.79 Å². The maximum atomic E-state index is 11.2. The monoisotopic (exact) mass is 254 g/mol. The molecule has 6 nitrogen and oxygen atoms in total. The van der Waals surface area contributed by atoms with E-state index < -0.39 is 12.6 Å². The van der Waals surface area contributed by atoms with Crippen molar-refractivity contribution in [2.24, 2.45) is 0 Å². The number of ketones is 1. The van der Waals surface area contributed by atoms with Crippen molar-refractivity contribution < 1.29 is 28.9 Å². The molecule has 1 aromatic carbocycles. The van der Waals surface area contributed by atoms with E-state index in [4.69, 9.17) is 19.3 Å². The first-order valence-corrected chi connectivity index (χ1v) is 5.16. The number of ether oxygens (including phenoxy) is 3. The lowest BCUT2D eigenvalue weighted by Crippen LogP contribution is -2.11. The van der Waals surface area contributed by atoms with Crippen LogP contribution in [0.4, 0.5) is 0 Å². The number of hydrogen-bond donors (Lipinski definition) is 1. The lowest BCUT2D eigenvalue weighted by molar-refractivity contribution is -0.139. The van der Waals surface area contributed by atoms with Crippen molar-refractivity contribution in [2.45, 2.75) is 6.92 Å². The average Bonchev–Trinajstić information content (AvgIpc) is 2.33. The summed E-state index contributed by atoms with van der Waals surface area (Å²) in [6.45, 7) is 0.917. The molecule has 98 valence electrons. The fraction of sp³-hybridized carbons (Fsp3) is 0.333. The van der Waals surface area contributed by atoms with Crippen LogP contribution in [0.3, 0.4) is 0 Å². The number of methoxy groups -OCH3 is 1. The van der Waals surface area contributed by atoms with E-state index in [-0.39, 0.29) is 24.1 Å². The first kappa shape index (κ1) is 14.0. The van der Waals surface area contributed by atoms with Crippen molar-refractivity contribution in [3.05, 3.63) is 23.8 Å². The molecule has 1 aromatic rings. The summed E-state index contributed by atoms with van der Waals surface area (Å²) in [6, 6.07) is 4.52. The van der Waals surface area contributed by atoms with Gasteiger partial charge in [-0.2, -0.15) is 0 Å². The molecule has 0 saturated carbocycles. The minimum absolute atomic E-state index is 0.0230. The first-order valence-electron chi connectivity index (χ1n) is 5.16. The van der Waals surface area contributed by atoms with Crippen LogP contribution in [0, 0.1) is 0 Å². The quantitative estimate of drug-likeness (QED) is 0.584. The molecule has 0 aliphatic heterocycles. The van der Waals surface area contributed by atoms with Gasteiger partial charge in [0.15, 0.2) is 30.7 Å². The fourth-order valence-electron chi connectivity index (χ4n) is 1.22. The lowest BCUT2D eigenvalue weighted by Gasteiger charge is -2.12. The Kier molecular flexibility index (Phi) is 5.13. The minimum Gasteiger partial charge on any atom is -0.479 e. The minimum atomic E-state index is -1.09. The van der Waals surface area contributed by atoms with Gasteiger partial charge in [0.25, 0.3) is 0 Å². The van der Waals surface area contributed by atoms with Crippen molar-refractivity contribution in [2.75, 3.05) is 20.5 Å². The number of carboxylic acid groups (broad SMARTS) is 1. The lowest BCUT2D eigenvalue weighted by atomic mass is 10.1. The Balaban J connectivity index is 2.92. The molecule has 18 heavy (non-hydrogen) atoms. The molecular formula is C12H14O6. The van der Waals surface area contributed by atoms with Gasteiger partial charge in [0.1, 0.15) is 0 Å². The van der Waals surface area contributed by atoms with Gasteiger partial charge in [0.2, 0.25) is 0 Å². The predicted molar refractivity (Wildman–Crippen MR) is 62.1 cm³/mol. The second-order valence-electron chi connectivity index (χ2n) is 3.45. The molecule has 0 radical (unpaired) electrons. The number of benzene rings is 1. The van der Waals surface area contributed by atoms with E-state index in [1.165, 1.54) is 26.2 Å². The fourth-order valence-corrected chi connectivity index (χ4v) is 1.22. The Labute approximate surface area is 104 Å². The summed E-state index contributed by atoms with van der Waals surface area (Å²) in [6.07, 6.45) is 0. The van der Waals surface area contributed by atoms with Crippen molar-refractivity contribution in [3.63, 3.8) is 0 Å². The van der Waals surface area contributed by atoms with Crippen LogP contribution in [-0.4, -0.2) is 37.4 Å². The molecule has 0 aromatic heterocycles. The second-order valence-corrected chi connectivity index (χ2v) is 3.45. The molecule has 1 N–H and O–H groups in total. The summed E-state index contributed by atoms with van der Waals surface area (Å²) in [5.41, 5.74) is 0.448. The Hall–Kier alpha value is -2.08. The largest absolute Gasteiger partial charge is 0.479 e. The number of carbonyl (C=O) groups is 2. The topological polar surface area (TPSA) is 82.1 Å². The van der Waals surface area contributed by atoms with Gasteiger partial charge in [-0.15, -0.1) is 0 Å². The van der Waals surface area contributed by atoms with Crippen LogP contribution < -0.4 is 9.47 Å². The molecule has 0 bridgehead atoms. The SMILES string of the molecule is COCOc1cc(C(C)=O)ccc1OCC(=O)O. The second kappa shape index (κ2) is 6.61. The summed E-state index contributed by atoms with van der Waals surface area (Å²) in [4.78, 5) is 21.7. The van der Waals surface area contributed by atoms with Crippen LogP contribution in [0.15, 0.2) is 18.2 Å². The number of Topliss-reactive ketones (excluding diaryl/α,β-unsaturated/α-hetero) is 1. The highest BCUT2D eigenvalue weighted by Gasteiger charge is 2.10. The molecule has 0 spiro atoms. The molecule has 0 fully saturated rings. The Morgan fingerprint density at radius 2 is 1.94 bits per heavy atom. The molecule has 0 atom stereocenters. The zero-order valence-electron chi connectivity index (χ0n) is 10.1. The smallest absolute Gasteiger partial charge is 0.341 e. The Morgan fingerprint density at radius 1 is 1.22 bits per heavy atom. The van der Waals surface area contributed by atoms with E-state index >= 15 is 0 Å². The van der Waals surface area contributed by atoms with Crippen LogP contribution in [0.25, 0.3) is 0 Å². The van der Waals surface area contributed by atoms with Crippen LogP contribution in [-0.2, 0) is 9.53 Å². The molecule has 0 aliphatic carbocycles. The van der Waals surface area contributed by atoms with Gasteiger partial charge in [0, 0.05) is 12.7 Å². The van der Waals surface area contributed by atoms with Crippen molar-refractivity contribution in [1.82, 2.24) is 0 Å². The molecule has 6 heteroatoms. The third-order valence-corrected chi connectivity index (χ3v) is 2.03. The van der Waals surface area contributed by atoms with Gasteiger partial charge in [-0.25, -0.2) is 4.79 Å². The highest BCUT2D eigenvalue weighted by molar-refractivity contribution is 5.94. The zero-order valence-corrected chi connectivity index (χ0v) is 10.1. The number of rotatable bonds is 7. The van der Waals surface area contributed by atoms with E-state index in [1.807, 2.05) is 0 Å². The van der Waals surface area contributed by atoms with Crippen molar-refractivity contribution >= 4 is 11.8 Å². The summed E-state index contributed by atoms with van der Waals surface area (Å²) >= 11 is 0. The van der Waals surface area contributed by atoms with Crippen molar-refractivity contribution in [3.8, 4) is 11.5 Å². The summed E-state index contributed by atoms with van der Waals surface area (Å²) < 4.78 is 15.0. The Morgan fingerprint density at radius 3 is 2.50 bits per heavy atom. The maximum absolute atomic E-state index is 11.2. The van der Waals surface area contributed by atoms with E-state index in [0.29, 0.717) is 5.56 Å². The van der Waals surface area contributed by atoms with Gasteiger partial charge >= 0.3 is 5.97 Å². The average molecular weight is 254 g/mol. The zero-order chi connectivity index (χ0) is 13.5. The third-order valence-electron chi connectivity index (χ3n) is 2.03. The molecule has 0 aliphatic rings. The third kappa shape index (κ3) is 4.06. The molecule has 0 unspecified atom stereocenters. The number of hydrogen-bond acceptors (Lipinski definition) is 5. The van der Waals surface area contributed by atoms with Gasteiger partial charge in [0.05, 0.1) is 0 Å². The van der Waals surface area contributed by atoms with E-state index in [1.54, 1.807) is 6.07 Å². The van der Waals surface area contributed by atoms with Crippen LogP contribution in [0.5, 0.6) is 11.5 Å². The first-order chi connectivity index (χ1) is 8.54. The summed E-state index contributed by atoms with van der Waals surface area (Å²) in [5.74, 6) is -0.698. The van der Waals surface area contributed by atoms with E-state index in [0.717, 1.165) is 0 Å². The standard InChI is InChI=1S/C12H14O6/c1-8(13)9-3-4-10(17-6-12(14)15)11(5-9)18-7-16-2/h3-5H,6-7H2,1-2H3,(H,14,15). The molecule has 1 rings (SSSR count). The van der Waals surface area contributed by atoms with E-state index in [2.05, 4.69) is 0 Å². The van der Waals surface area contributed by atoms with E-state index in [9.17, 15) is 9.59 Å². The highest BCUT2D eigenvalue weighted by atomic mass is 16.7. The van der Waals surface area contributed by atoms with Crippen molar-refractivity contribution in [1.29, 1.82) is 0 Å². The highest BCUT2D eigenvalue weighted by Crippen LogP contribution is 2.28.